The maximum atomic E-state index is 10.4. The van der Waals surface area contributed by atoms with Crippen molar-refractivity contribution in [3.63, 3.8) is 0 Å². The second kappa shape index (κ2) is 6.26. The maximum Gasteiger partial charge on any atom is 0.146 e. The first-order valence-electron chi connectivity index (χ1n) is 6.87. The van der Waals surface area contributed by atoms with Crippen LogP contribution in [0.3, 0.4) is 0 Å². The Labute approximate surface area is 138 Å². The van der Waals surface area contributed by atoms with E-state index < -0.39 is 6.23 Å². The third-order valence-corrected chi connectivity index (χ3v) is 4.42. The van der Waals surface area contributed by atoms with Crippen LogP contribution in [0.25, 0.3) is 10.9 Å². The van der Waals surface area contributed by atoms with Gasteiger partial charge in [-0.15, -0.1) is 0 Å². The normalized spacial score (nSPS) is 14.2. The fourth-order valence-corrected chi connectivity index (χ4v) is 2.75. The van der Waals surface area contributed by atoms with Crippen LogP contribution in [-0.4, -0.2) is 15.1 Å². The highest BCUT2D eigenvalue weighted by Gasteiger charge is 2.16. The van der Waals surface area contributed by atoms with Crippen LogP contribution >= 0.6 is 23.2 Å². The van der Waals surface area contributed by atoms with Crippen molar-refractivity contribution >= 4 is 34.1 Å². The van der Waals surface area contributed by atoms with Gasteiger partial charge in [-0.1, -0.05) is 29.3 Å². The van der Waals surface area contributed by atoms with E-state index in [9.17, 15) is 5.11 Å². The molecule has 0 aliphatic heterocycles. The second-order valence-electron chi connectivity index (χ2n) is 5.12. The van der Waals surface area contributed by atoms with Crippen LogP contribution in [0.15, 0.2) is 42.7 Å². The van der Waals surface area contributed by atoms with E-state index in [1.54, 1.807) is 24.5 Å². The Hall–Kier alpha value is -1.59. The molecule has 0 spiro atoms. The minimum absolute atomic E-state index is 0.0471. The van der Waals surface area contributed by atoms with Crippen molar-refractivity contribution in [3.05, 3.63) is 64.0 Å². The van der Waals surface area contributed by atoms with E-state index in [-0.39, 0.29) is 6.04 Å². The predicted molar refractivity (Wildman–Crippen MR) is 89.1 cm³/mol. The molecule has 3 aromatic rings. The molecule has 0 aliphatic rings. The maximum absolute atomic E-state index is 10.4. The summed E-state index contributed by atoms with van der Waals surface area (Å²) in [5.41, 5.74) is 2.47. The first-order chi connectivity index (χ1) is 10.6. The van der Waals surface area contributed by atoms with Gasteiger partial charge in [-0.2, -0.15) is 0 Å². The number of benzene rings is 1. The molecule has 0 saturated carbocycles. The topological polar surface area (TPSA) is 60.9 Å². The number of pyridine rings is 1. The molecule has 4 nitrogen and oxygen atoms in total. The van der Waals surface area contributed by atoms with Crippen LogP contribution in [0.4, 0.5) is 0 Å². The molecular weight excluding hydrogens is 321 g/mol. The standard InChI is InChI=1S/C16H15Cl2N3O/c1-9(10-3-2-6-19-8-10)20-16(22)14-7-11-13(21-14)5-4-12(17)15(11)18/h2-9,16,20-22H,1H3. The Kier molecular flexibility index (Phi) is 4.36. The number of fused-ring (bicyclic) bond motifs is 1. The van der Waals surface area contributed by atoms with E-state index in [0.29, 0.717) is 15.7 Å². The number of rotatable bonds is 4. The van der Waals surface area contributed by atoms with E-state index in [1.165, 1.54) is 0 Å². The summed E-state index contributed by atoms with van der Waals surface area (Å²) < 4.78 is 0. The van der Waals surface area contributed by atoms with E-state index in [4.69, 9.17) is 23.2 Å². The molecule has 0 amide bonds. The van der Waals surface area contributed by atoms with Crippen LogP contribution in [0.1, 0.15) is 30.5 Å². The van der Waals surface area contributed by atoms with E-state index in [2.05, 4.69) is 15.3 Å². The molecule has 3 N–H and O–H groups in total. The van der Waals surface area contributed by atoms with Crippen molar-refractivity contribution in [2.45, 2.75) is 19.2 Å². The summed E-state index contributed by atoms with van der Waals surface area (Å²) >= 11 is 12.2. The Morgan fingerprint density at radius 2 is 2.09 bits per heavy atom. The van der Waals surface area contributed by atoms with E-state index in [0.717, 1.165) is 16.5 Å². The summed E-state index contributed by atoms with van der Waals surface area (Å²) in [6.45, 7) is 1.97. The minimum Gasteiger partial charge on any atom is -0.373 e. The number of aliphatic hydroxyl groups is 1. The monoisotopic (exact) mass is 335 g/mol. The summed E-state index contributed by atoms with van der Waals surface area (Å²) in [5, 5.41) is 15.3. The predicted octanol–water partition coefficient (Wildman–Crippen LogP) is 4.21. The molecule has 1 aromatic carbocycles. The summed E-state index contributed by atoms with van der Waals surface area (Å²) in [6.07, 6.45) is 2.64. The Bertz CT molecular complexity index is 789. The van der Waals surface area contributed by atoms with E-state index in [1.807, 2.05) is 25.1 Å². The SMILES string of the molecule is CC(NC(O)c1cc2c(Cl)c(Cl)ccc2[nH]1)c1cccnc1. The van der Waals surface area contributed by atoms with Gasteiger partial charge in [0, 0.05) is 29.3 Å². The molecule has 0 bridgehead atoms. The quantitative estimate of drug-likeness (QED) is 0.626. The van der Waals surface area contributed by atoms with Gasteiger partial charge < -0.3 is 10.1 Å². The molecule has 0 saturated heterocycles. The van der Waals surface area contributed by atoms with Crippen LogP contribution in [0.5, 0.6) is 0 Å². The van der Waals surface area contributed by atoms with Crippen molar-refractivity contribution in [1.82, 2.24) is 15.3 Å². The van der Waals surface area contributed by atoms with Gasteiger partial charge in [-0.25, -0.2) is 0 Å². The average Bonchev–Trinajstić information content (AvgIpc) is 2.97. The fraction of sp³-hybridized carbons (Fsp3) is 0.188. The molecule has 0 radical (unpaired) electrons. The first-order valence-corrected chi connectivity index (χ1v) is 7.62. The second-order valence-corrected chi connectivity index (χ2v) is 5.91. The zero-order chi connectivity index (χ0) is 15.7. The van der Waals surface area contributed by atoms with E-state index >= 15 is 0 Å². The summed E-state index contributed by atoms with van der Waals surface area (Å²) in [4.78, 5) is 7.23. The lowest BCUT2D eigenvalue weighted by atomic mass is 10.1. The zero-order valence-electron chi connectivity index (χ0n) is 11.8. The number of aromatic nitrogens is 2. The van der Waals surface area contributed by atoms with Gasteiger partial charge in [0.25, 0.3) is 0 Å². The molecule has 2 unspecified atom stereocenters. The average molecular weight is 336 g/mol. The zero-order valence-corrected chi connectivity index (χ0v) is 13.4. The highest BCUT2D eigenvalue weighted by atomic mass is 35.5. The lowest BCUT2D eigenvalue weighted by Gasteiger charge is -2.18. The minimum atomic E-state index is -0.850. The Morgan fingerprint density at radius 3 is 2.82 bits per heavy atom. The van der Waals surface area contributed by atoms with Crippen molar-refractivity contribution in [3.8, 4) is 0 Å². The number of H-pyrrole nitrogens is 1. The number of hydrogen-bond donors (Lipinski definition) is 3. The fourth-order valence-electron chi connectivity index (χ4n) is 2.37. The molecule has 2 heterocycles. The molecule has 6 heteroatoms. The smallest absolute Gasteiger partial charge is 0.146 e. The Balaban J connectivity index is 1.83. The van der Waals surface area contributed by atoms with Gasteiger partial charge in [0.05, 0.1) is 15.7 Å². The van der Waals surface area contributed by atoms with Gasteiger partial charge in [0.2, 0.25) is 0 Å². The Morgan fingerprint density at radius 1 is 1.27 bits per heavy atom. The third-order valence-electron chi connectivity index (χ3n) is 3.60. The molecule has 2 aromatic heterocycles. The molecule has 3 rings (SSSR count). The lowest BCUT2D eigenvalue weighted by Crippen LogP contribution is -2.24. The van der Waals surface area contributed by atoms with Gasteiger partial charge in [0.1, 0.15) is 6.23 Å². The van der Waals surface area contributed by atoms with Gasteiger partial charge in [-0.3, -0.25) is 10.3 Å². The highest BCUT2D eigenvalue weighted by molar-refractivity contribution is 6.45. The number of halogens is 2. The van der Waals surface area contributed by atoms with Crippen molar-refractivity contribution in [1.29, 1.82) is 0 Å². The molecule has 0 aliphatic carbocycles. The van der Waals surface area contributed by atoms with Crippen LogP contribution < -0.4 is 5.32 Å². The number of nitrogens with one attached hydrogen (secondary N) is 2. The molecule has 22 heavy (non-hydrogen) atoms. The highest BCUT2D eigenvalue weighted by Crippen LogP contribution is 2.32. The number of hydrogen-bond acceptors (Lipinski definition) is 3. The summed E-state index contributed by atoms with van der Waals surface area (Å²) in [5.74, 6) is 0. The largest absolute Gasteiger partial charge is 0.373 e. The van der Waals surface area contributed by atoms with Crippen LogP contribution in [0, 0.1) is 0 Å². The number of aliphatic hydroxyl groups excluding tert-OH is 1. The number of aromatic amines is 1. The molecular formula is C16H15Cl2N3O. The van der Waals surface area contributed by atoms with Crippen molar-refractivity contribution in [2.24, 2.45) is 0 Å². The van der Waals surface area contributed by atoms with Gasteiger partial charge in [-0.05, 0) is 36.8 Å². The van der Waals surface area contributed by atoms with Gasteiger partial charge >= 0.3 is 0 Å². The van der Waals surface area contributed by atoms with Crippen molar-refractivity contribution in [2.75, 3.05) is 0 Å². The third kappa shape index (κ3) is 2.96. The first kappa shape index (κ1) is 15.3. The van der Waals surface area contributed by atoms with Crippen LogP contribution in [0.2, 0.25) is 10.0 Å². The summed E-state index contributed by atoms with van der Waals surface area (Å²) in [6, 6.07) is 9.14. The van der Waals surface area contributed by atoms with Gasteiger partial charge in [0.15, 0.2) is 0 Å². The summed E-state index contributed by atoms with van der Waals surface area (Å²) in [7, 11) is 0. The molecule has 0 fully saturated rings. The number of nitrogens with zero attached hydrogens (tertiary/aromatic N) is 1. The molecule has 2 atom stereocenters. The molecule has 114 valence electrons. The lowest BCUT2D eigenvalue weighted by molar-refractivity contribution is 0.122. The van der Waals surface area contributed by atoms with Crippen LogP contribution in [-0.2, 0) is 0 Å². The van der Waals surface area contributed by atoms with Crippen molar-refractivity contribution < 1.29 is 5.11 Å².